The van der Waals surface area contributed by atoms with Gasteiger partial charge >= 0.3 is 6.09 Å². The van der Waals surface area contributed by atoms with Crippen LogP contribution in [0.15, 0.2) is 43.0 Å². The van der Waals surface area contributed by atoms with Gasteiger partial charge < -0.3 is 20.3 Å². The topological polar surface area (TPSA) is 78.8 Å². The summed E-state index contributed by atoms with van der Waals surface area (Å²) in [5, 5.41) is 20.7. The molecule has 0 aliphatic carbocycles. The summed E-state index contributed by atoms with van der Waals surface area (Å²) in [5.74, 6) is 0. The minimum Gasteiger partial charge on any atom is -0.445 e. The normalized spacial score (nSPS) is 13.4. The summed E-state index contributed by atoms with van der Waals surface area (Å²) in [7, 11) is 0. The van der Waals surface area contributed by atoms with E-state index in [0.717, 1.165) is 5.56 Å². The van der Waals surface area contributed by atoms with Gasteiger partial charge in [-0.15, -0.1) is 6.58 Å². The van der Waals surface area contributed by atoms with E-state index in [9.17, 15) is 9.90 Å². The predicted octanol–water partition coefficient (Wildman–Crippen LogP) is 0.821. The molecule has 1 amide bonds. The molecule has 0 aliphatic rings. The van der Waals surface area contributed by atoms with Crippen molar-refractivity contribution in [2.45, 2.75) is 18.8 Å². The third-order valence-electron chi connectivity index (χ3n) is 2.37. The van der Waals surface area contributed by atoms with Gasteiger partial charge in [-0.05, 0) is 5.56 Å². The number of carbonyl (C=O) groups excluding carboxylic acids is 1. The monoisotopic (exact) mass is 251 g/mol. The third kappa shape index (κ3) is 4.57. The molecule has 0 fully saturated rings. The molecular weight excluding hydrogens is 234 g/mol. The van der Waals surface area contributed by atoms with E-state index >= 15 is 0 Å². The first-order valence-corrected chi connectivity index (χ1v) is 5.56. The summed E-state index contributed by atoms with van der Waals surface area (Å²) in [6.07, 6.45) is -0.476. The van der Waals surface area contributed by atoms with Crippen LogP contribution in [0.1, 0.15) is 5.56 Å². The zero-order chi connectivity index (χ0) is 13.4. The van der Waals surface area contributed by atoms with Crippen molar-refractivity contribution in [2.75, 3.05) is 6.61 Å². The average molecular weight is 251 g/mol. The van der Waals surface area contributed by atoms with Crippen LogP contribution < -0.4 is 5.32 Å². The van der Waals surface area contributed by atoms with Gasteiger partial charge in [0.25, 0.3) is 0 Å². The first kappa shape index (κ1) is 14.2. The van der Waals surface area contributed by atoms with E-state index < -0.39 is 24.8 Å². The number of nitrogens with one attached hydrogen (secondary N) is 1. The van der Waals surface area contributed by atoms with Gasteiger partial charge in [0.15, 0.2) is 0 Å². The van der Waals surface area contributed by atoms with E-state index in [1.807, 2.05) is 30.3 Å². The van der Waals surface area contributed by atoms with Crippen molar-refractivity contribution in [3.63, 3.8) is 0 Å². The fourth-order valence-corrected chi connectivity index (χ4v) is 1.32. The molecule has 0 saturated carbocycles. The molecule has 98 valence electrons. The number of aliphatic hydroxyl groups is 2. The molecule has 1 unspecified atom stereocenters. The van der Waals surface area contributed by atoms with Crippen LogP contribution in [0.3, 0.4) is 0 Å². The zero-order valence-electron chi connectivity index (χ0n) is 9.95. The van der Waals surface area contributed by atoms with Crippen molar-refractivity contribution in [3.05, 3.63) is 48.6 Å². The molecule has 2 atom stereocenters. The molecule has 0 saturated heterocycles. The van der Waals surface area contributed by atoms with Crippen LogP contribution in [0.25, 0.3) is 0 Å². The lowest BCUT2D eigenvalue weighted by atomic mass is 10.2. The molecule has 5 heteroatoms. The second-order valence-electron chi connectivity index (χ2n) is 3.72. The SMILES string of the molecule is C=CC(O)[C@H](CO)NC(=O)OCc1ccccc1. The van der Waals surface area contributed by atoms with E-state index in [4.69, 9.17) is 9.84 Å². The quantitative estimate of drug-likeness (QED) is 0.654. The summed E-state index contributed by atoms with van der Waals surface area (Å²) in [6.45, 7) is 3.12. The maximum absolute atomic E-state index is 11.4. The Balaban J connectivity index is 2.39. The number of benzene rings is 1. The standard InChI is InChI=1S/C13H17NO4/c1-2-12(16)11(8-15)14-13(17)18-9-10-6-4-3-5-7-10/h2-7,11-12,15-16H,1,8-9H2,(H,14,17)/t11-,12?/m0/s1. The molecule has 0 aliphatic heterocycles. The number of ether oxygens (including phenoxy) is 1. The summed E-state index contributed by atoms with van der Waals surface area (Å²) < 4.78 is 4.95. The number of alkyl carbamates (subject to hydrolysis) is 1. The van der Waals surface area contributed by atoms with Gasteiger partial charge in [0.1, 0.15) is 6.61 Å². The lowest BCUT2D eigenvalue weighted by Gasteiger charge is -2.19. The lowest BCUT2D eigenvalue weighted by molar-refractivity contribution is 0.0974. The first-order valence-electron chi connectivity index (χ1n) is 5.56. The van der Waals surface area contributed by atoms with Gasteiger partial charge in [-0.2, -0.15) is 0 Å². The highest BCUT2D eigenvalue weighted by atomic mass is 16.5. The molecule has 1 rings (SSSR count). The van der Waals surface area contributed by atoms with Gasteiger partial charge in [-0.1, -0.05) is 36.4 Å². The Kier molecular flexibility index (Phi) is 5.90. The second-order valence-corrected chi connectivity index (χ2v) is 3.72. The number of hydrogen-bond acceptors (Lipinski definition) is 4. The summed E-state index contributed by atoms with van der Waals surface area (Å²) >= 11 is 0. The summed E-state index contributed by atoms with van der Waals surface area (Å²) in [6, 6.07) is 8.39. The van der Waals surface area contributed by atoms with Gasteiger partial charge in [0.2, 0.25) is 0 Å². The Hall–Kier alpha value is -1.85. The third-order valence-corrected chi connectivity index (χ3v) is 2.37. The summed E-state index contributed by atoms with van der Waals surface area (Å²) in [5.41, 5.74) is 0.859. The van der Waals surface area contributed by atoms with E-state index in [2.05, 4.69) is 11.9 Å². The number of rotatable bonds is 6. The number of hydrogen-bond donors (Lipinski definition) is 3. The fourth-order valence-electron chi connectivity index (χ4n) is 1.32. The maximum Gasteiger partial charge on any atom is 0.407 e. The van der Waals surface area contributed by atoms with Crippen molar-refractivity contribution in [1.29, 1.82) is 0 Å². The van der Waals surface area contributed by atoms with Crippen LogP contribution >= 0.6 is 0 Å². The molecule has 0 radical (unpaired) electrons. The highest BCUT2D eigenvalue weighted by Crippen LogP contribution is 2.01. The Morgan fingerprint density at radius 3 is 2.67 bits per heavy atom. The van der Waals surface area contributed by atoms with Crippen LogP contribution in [0.4, 0.5) is 4.79 Å². The van der Waals surface area contributed by atoms with Crippen LogP contribution in [0.2, 0.25) is 0 Å². The van der Waals surface area contributed by atoms with Gasteiger partial charge in [-0.25, -0.2) is 4.79 Å². The van der Waals surface area contributed by atoms with E-state index in [1.54, 1.807) is 0 Å². The largest absolute Gasteiger partial charge is 0.445 e. The molecule has 3 N–H and O–H groups in total. The Morgan fingerprint density at radius 1 is 1.44 bits per heavy atom. The lowest BCUT2D eigenvalue weighted by Crippen LogP contribution is -2.45. The van der Waals surface area contributed by atoms with Gasteiger partial charge in [0.05, 0.1) is 18.8 Å². The minimum absolute atomic E-state index is 0.134. The molecule has 18 heavy (non-hydrogen) atoms. The number of aliphatic hydroxyl groups excluding tert-OH is 2. The smallest absolute Gasteiger partial charge is 0.407 e. The minimum atomic E-state index is -1.01. The molecule has 1 aromatic rings. The van der Waals surface area contributed by atoms with Crippen molar-refractivity contribution in [1.82, 2.24) is 5.32 Å². The Morgan fingerprint density at radius 2 is 2.11 bits per heavy atom. The van der Waals surface area contributed by atoms with Crippen molar-refractivity contribution in [3.8, 4) is 0 Å². The van der Waals surface area contributed by atoms with Crippen LogP contribution in [-0.4, -0.2) is 35.1 Å². The second kappa shape index (κ2) is 7.47. The first-order chi connectivity index (χ1) is 8.67. The van der Waals surface area contributed by atoms with E-state index in [-0.39, 0.29) is 6.61 Å². The van der Waals surface area contributed by atoms with Crippen LogP contribution in [0.5, 0.6) is 0 Å². The zero-order valence-corrected chi connectivity index (χ0v) is 9.95. The molecule has 0 heterocycles. The molecule has 5 nitrogen and oxygen atoms in total. The predicted molar refractivity (Wildman–Crippen MR) is 66.8 cm³/mol. The van der Waals surface area contributed by atoms with Gasteiger partial charge in [0, 0.05) is 0 Å². The maximum atomic E-state index is 11.4. The molecule has 0 spiro atoms. The molecule has 0 aromatic heterocycles. The van der Waals surface area contributed by atoms with Gasteiger partial charge in [-0.3, -0.25) is 0 Å². The van der Waals surface area contributed by atoms with Crippen LogP contribution in [-0.2, 0) is 11.3 Å². The van der Waals surface area contributed by atoms with Crippen molar-refractivity contribution >= 4 is 6.09 Å². The Bertz CT molecular complexity index is 380. The van der Waals surface area contributed by atoms with E-state index in [0.29, 0.717) is 0 Å². The fraction of sp³-hybridized carbons (Fsp3) is 0.308. The van der Waals surface area contributed by atoms with Crippen molar-refractivity contribution in [2.24, 2.45) is 0 Å². The number of carbonyl (C=O) groups is 1. The van der Waals surface area contributed by atoms with Crippen molar-refractivity contribution < 1.29 is 19.7 Å². The van der Waals surface area contributed by atoms with E-state index in [1.165, 1.54) is 6.08 Å². The molecular formula is C13H17NO4. The summed E-state index contributed by atoms with van der Waals surface area (Å²) in [4.78, 5) is 11.4. The molecule has 1 aromatic carbocycles. The number of amides is 1. The van der Waals surface area contributed by atoms with Crippen LogP contribution in [0, 0.1) is 0 Å². The Labute approximate surface area is 106 Å². The highest BCUT2D eigenvalue weighted by Gasteiger charge is 2.18. The average Bonchev–Trinajstić information content (AvgIpc) is 2.42. The highest BCUT2D eigenvalue weighted by molar-refractivity contribution is 5.67. The molecule has 0 bridgehead atoms.